The van der Waals surface area contributed by atoms with E-state index in [0.29, 0.717) is 19.0 Å². The number of likely N-dealkylation sites (tertiary alicyclic amines) is 1. The number of nitrogens with zero attached hydrogens (tertiary/aromatic N) is 1. The van der Waals surface area contributed by atoms with Crippen LogP contribution in [0.5, 0.6) is 0 Å². The number of rotatable bonds is 2. The Morgan fingerprint density at radius 1 is 1.38 bits per heavy atom. The molecule has 0 spiro atoms. The van der Waals surface area contributed by atoms with Crippen molar-refractivity contribution in [3.63, 3.8) is 0 Å². The van der Waals surface area contributed by atoms with Gasteiger partial charge in [0, 0.05) is 19.0 Å². The van der Waals surface area contributed by atoms with Crippen LogP contribution >= 0.6 is 0 Å². The molecule has 0 aromatic carbocycles. The van der Waals surface area contributed by atoms with E-state index in [1.54, 1.807) is 0 Å². The molecule has 1 amide bonds. The van der Waals surface area contributed by atoms with Crippen LogP contribution in [-0.4, -0.2) is 34.5 Å². The number of aliphatic carboxylic acids is 1. The summed E-state index contributed by atoms with van der Waals surface area (Å²) in [6.45, 7) is 0.639. The van der Waals surface area contributed by atoms with Crippen molar-refractivity contribution < 1.29 is 14.7 Å². The van der Waals surface area contributed by atoms with E-state index in [2.05, 4.69) is 0 Å². The van der Waals surface area contributed by atoms with E-state index in [-0.39, 0.29) is 12.3 Å². The van der Waals surface area contributed by atoms with Gasteiger partial charge in [-0.3, -0.25) is 9.59 Å². The summed E-state index contributed by atoms with van der Waals surface area (Å²) in [4.78, 5) is 23.9. The normalized spacial score (nSPS) is 29.1. The Balaban J connectivity index is 1.95. The summed E-state index contributed by atoms with van der Waals surface area (Å²) in [5.41, 5.74) is 0. The zero-order valence-electron chi connectivity index (χ0n) is 7.40. The third-order valence-corrected chi connectivity index (χ3v) is 2.80. The third kappa shape index (κ3) is 1.66. The highest BCUT2D eigenvalue weighted by molar-refractivity contribution is 5.84. The number of amides is 1. The number of carboxylic acids is 1. The zero-order chi connectivity index (χ0) is 9.42. The van der Waals surface area contributed by atoms with Crippen molar-refractivity contribution in [2.24, 2.45) is 5.92 Å². The van der Waals surface area contributed by atoms with E-state index in [9.17, 15) is 9.59 Å². The van der Waals surface area contributed by atoms with Crippen LogP contribution in [0, 0.1) is 5.92 Å². The molecule has 1 N–H and O–H groups in total. The van der Waals surface area contributed by atoms with Crippen LogP contribution in [-0.2, 0) is 9.59 Å². The van der Waals surface area contributed by atoms with Gasteiger partial charge in [0.15, 0.2) is 0 Å². The number of carbonyl (C=O) groups excluding carboxylic acids is 1. The third-order valence-electron chi connectivity index (χ3n) is 2.80. The molecule has 13 heavy (non-hydrogen) atoms. The summed E-state index contributed by atoms with van der Waals surface area (Å²) < 4.78 is 0. The summed E-state index contributed by atoms with van der Waals surface area (Å²) in [6.07, 6.45) is 3.02. The van der Waals surface area contributed by atoms with E-state index in [1.165, 1.54) is 0 Å². The average Bonchev–Trinajstić information content (AvgIpc) is 2.87. The quantitative estimate of drug-likeness (QED) is 0.677. The molecular formula is C9H13NO3. The molecule has 1 atom stereocenters. The minimum absolute atomic E-state index is 0.0288. The van der Waals surface area contributed by atoms with Crippen molar-refractivity contribution in [2.45, 2.75) is 31.7 Å². The molecule has 0 bridgehead atoms. The molecule has 2 rings (SSSR count). The van der Waals surface area contributed by atoms with Crippen molar-refractivity contribution >= 4 is 11.9 Å². The van der Waals surface area contributed by atoms with Crippen molar-refractivity contribution in [1.29, 1.82) is 0 Å². The van der Waals surface area contributed by atoms with Crippen LogP contribution in [0.25, 0.3) is 0 Å². The Bertz CT molecular complexity index is 247. The number of carbonyl (C=O) groups is 2. The Morgan fingerprint density at radius 2 is 2.08 bits per heavy atom. The predicted octanol–water partition coefficient (Wildman–Crippen LogP) is 0.472. The van der Waals surface area contributed by atoms with Crippen molar-refractivity contribution in [3.05, 3.63) is 0 Å². The molecule has 0 aromatic heterocycles. The summed E-state index contributed by atoms with van der Waals surface area (Å²) in [6, 6.07) is 0.433. The second-order valence-corrected chi connectivity index (χ2v) is 3.85. The van der Waals surface area contributed by atoms with E-state index in [4.69, 9.17) is 5.11 Å². The number of hydrogen-bond acceptors (Lipinski definition) is 2. The fourth-order valence-corrected chi connectivity index (χ4v) is 1.83. The molecule has 1 unspecified atom stereocenters. The summed E-state index contributed by atoms with van der Waals surface area (Å²) >= 11 is 0. The summed E-state index contributed by atoms with van der Waals surface area (Å²) in [5, 5.41) is 8.73. The average molecular weight is 183 g/mol. The van der Waals surface area contributed by atoms with Gasteiger partial charge in [-0.2, -0.15) is 0 Å². The second-order valence-electron chi connectivity index (χ2n) is 3.85. The van der Waals surface area contributed by atoms with E-state index >= 15 is 0 Å². The first kappa shape index (κ1) is 8.53. The van der Waals surface area contributed by atoms with Gasteiger partial charge in [-0.25, -0.2) is 0 Å². The Labute approximate surface area is 76.5 Å². The van der Waals surface area contributed by atoms with Gasteiger partial charge in [0.1, 0.15) is 0 Å². The first-order valence-corrected chi connectivity index (χ1v) is 4.71. The minimum Gasteiger partial charge on any atom is -0.481 e. The highest BCUT2D eigenvalue weighted by Gasteiger charge is 2.37. The van der Waals surface area contributed by atoms with Gasteiger partial charge in [-0.1, -0.05) is 0 Å². The van der Waals surface area contributed by atoms with Crippen LogP contribution in [0.3, 0.4) is 0 Å². The summed E-state index contributed by atoms with van der Waals surface area (Å²) in [5.74, 6) is -1.24. The SMILES string of the molecule is O=C(O)C1CCN(C2CC2)C(=O)C1. The van der Waals surface area contributed by atoms with E-state index in [1.807, 2.05) is 4.90 Å². The molecule has 1 saturated heterocycles. The van der Waals surface area contributed by atoms with Gasteiger partial charge >= 0.3 is 5.97 Å². The van der Waals surface area contributed by atoms with Crippen molar-refractivity contribution in [3.8, 4) is 0 Å². The molecule has 2 aliphatic rings. The molecule has 1 aliphatic heterocycles. The minimum atomic E-state index is -0.830. The Morgan fingerprint density at radius 3 is 2.54 bits per heavy atom. The molecule has 72 valence electrons. The molecule has 2 fully saturated rings. The van der Waals surface area contributed by atoms with Gasteiger partial charge in [0.05, 0.1) is 5.92 Å². The number of piperidine rings is 1. The van der Waals surface area contributed by atoms with Gasteiger partial charge in [-0.15, -0.1) is 0 Å². The van der Waals surface area contributed by atoms with Crippen LogP contribution in [0.2, 0.25) is 0 Å². The lowest BCUT2D eigenvalue weighted by Gasteiger charge is -2.29. The van der Waals surface area contributed by atoms with Gasteiger partial charge in [-0.05, 0) is 19.3 Å². The topological polar surface area (TPSA) is 57.6 Å². The second kappa shape index (κ2) is 3.01. The molecule has 1 saturated carbocycles. The fraction of sp³-hybridized carbons (Fsp3) is 0.778. The van der Waals surface area contributed by atoms with Crippen molar-refractivity contribution in [2.75, 3.05) is 6.54 Å². The maximum atomic E-state index is 11.5. The lowest BCUT2D eigenvalue weighted by molar-refractivity contribution is -0.149. The predicted molar refractivity (Wildman–Crippen MR) is 45.1 cm³/mol. The highest BCUT2D eigenvalue weighted by atomic mass is 16.4. The van der Waals surface area contributed by atoms with E-state index in [0.717, 1.165) is 12.8 Å². The Hall–Kier alpha value is -1.06. The summed E-state index contributed by atoms with van der Waals surface area (Å²) in [7, 11) is 0. The lowest BCUT2D eigenvalue weighted by atomic mass is 9.96. The van der Waals surface area contributed by atoms with Gasteiger partial charge in [0.2, 0.25) is 5.91 Å². The fourth-order valence-electron chi connectivity index (χ4n) is 1.83. The molecule has 4 heteroatoms. The molecule has 1 aliphatic carbocycles. The largest absolute Gasteiger partial charge is 0.481 e. The lowest BCUT2D eigenvalue weighted by Crippen LogP contribution is -2.42. The first-order valence-electron chi connectivity index (χ1n) is 4.71. The van der Waals surface area contributed by atoms with E-state index < -0.39 is 11.9 Å². The molecule has 0 radical (unpaired) electrons. The molecular weight excluding hydrogens is 170 g/mol. The monoisotopic (exact) mass is 183 g/mol. The number of hydrogen-bond donors (Lipinski definition) is 1. The smallest absolute Gasteiger partial charge is 0.307 e. The van der Waals surface area contributed by atoms with Crippen LogP contribution in [0.15, 0.2) is 0 Å². The standard InChI is InChI=1S/C9H13NO3/c11-8-5-6(9(12)13)3-4-10(8)7-1-2-7/h6-7H,1-5H2,(H,12,13). The highest BCUT2D eigenvalue weighted by Crippen LogP contribution is 2.31. The molecule has 1 heterocycles. The van der Waals surface area contributed by atoms with Crippen molar-refractivity contribution in [1.82, 2.24) is 4.90 Å². The maximum absolute atomic E-state index is 11.5. The van der Waals surface area contributed by atoms with Gasteiger partial charge in [0.25, 0.3) is 0 Å². The first-order chi connectivity index (χ1) is 6.18. The van der Waals surface area contributed by atoms with Crippen LogP contribution < -0.4 is 0 Å². The zero-order valence-corrected chi connectivity index (χ0v) is 7.40. The molecule has 4 nitrogen and oxygen atoms in total. The molecule has 0 aromatic rings. The maximum Gasteiger partial charge on any atom is 0.307 e. The number of carboxylic acid groups (broad SMARTS) is 1. The van der Waals surface area contributed by atoms with Crippen LogP contribution in [0.4, 0.5) is 0 Å². The van der Waals surface area contributed by atoms with Crippen LogP contribution in [0.1, 0.15) is 25.7 Å². The Kier molecular flexibility index (Phi) is 1.98. The van der Waals surface area contributed by atoms with Gasteiger partial charge < -0.3 is 10.0 Å².